The molecule has 0 aromatic carbocycles. The standard InChI is InChI=1S/C11H20/c1-7(2)9-5-4-8(3)10-6-11(9)10/h7-11H,4-6H2,1-3H3/t8-,9+,10+,11-/m0/s1. The average molecular weight is 152 g/mol. The first-order chi connectivity index (χ1) is 5.20. The molecule has 11 heavy (non-hydrogen) atoms. The van der Waals surface area contributed by atoms with Gasteiger partial charge in [0.05, 0.1) is 0 Å². The Morgan fingerprint density at radius 1 is 1.09 bits per heavy atom. The normalized spacial score (nSPS) is 49.1. The lowest BCUT2D eigenvalue weighted by molar-refractivity contribution is 0.218. The maximum Gasteiger partial charge on any atom is -0.0349 e. The third kappa shape index (κ3) is 1.21. The molecule has 4 atom stereocenters. The predicted molar refractivity (Wildman–Crippen MR) is 48.3 cm³/mol. The summed E-state index contributed by atoms with van der Waals surface area (Å²) in [6.07, 6.45) is 4.58. The van der Waals surface area contributed by atoms with Crippen molar-refractivity contribution in [1.29, 1.82) is 0 Å². The largest absolute Gasteiger partial charge is 0.0625 e. The van der Waals surface area contributed by atoms with Crippen molar-refractivity contribution in [2.24, 2.45) is 29.6 Å². The zero-order valence-corrected chi connectivity index (χ0v) is 8.01. The molecule has 0 aromatic rings. The Bertz CT molecular complexity index is 148. The minimum absolute atomic E-state index is 0.942. The van der Waals surface area contributed by atoms with Crippen LogP contribution in [0.4, 0.5) is 0 Å². The molecule has 2 rings (SSSR count). The number of hydrogen-bond donors (Lipinski definition) is 0. The van der Waals surface area contributed by atoms with Gasteiger partial charge in [0.25, 0.3) is 0 Å². The molecule has 0 N–H and O–H groups in total. The molecule has 0 nitrogen and oxygen atoms in total. The Morgan fingerprint density at radius 2 is 1.82 bits per heavy atom. The van der Waals surface area contributed by atoms with Gasteiger partial charge in [0.2, 0.25) is 0 Å². The molecule has 0 bridgehead atoms. The minimum atomic E-state index is 0.942. The predicted octanol–water partition coefficient (Wildman–Crippen LogP) is 3.32. The zero-order valence-electron chi connectivity index (χ0n) is 8.01. The molecule has 0 unspecified atom stereocenters. The molecule has 2 aliphatic rings. The fourth-order valence-corrected chi connectivity index (χ4v) is 3.09. The Labute approximate surface area is 70.4 Å². The van der Waals surface area contributed by atoms with E-state index in [0.29, 0.717) is 0 Å². The van der Waals surface area contributed by atoms with Crippen molar-refractivity contribution in [3.05, 3.63) is 0 Å². The van der Waals surface area contributed by atoms with Crippen LogP contribution in [-0.2, 0) is 0 Å². The van der Waals surface area contributed by atoms with Gasteiger partial charge in [-0.2, -0.15) is 0 Å². The SMILES string of the molecule is CC(C)[C@H]1CC[C@H](C)[C@H]2C[C@H]21. The van der Waals surface area contributed by atoms with E-state index in [4.69, 9.17) is 0 Å². The number of hydrogen-bond acceptors (Lipinski definition) is 0. The summed E-state index contributed by atoms with van der Waals surface area (Å²) in [4.78, 5) is 0. The first-order valence-electron chi connectivity index (χ1n) is 5.20. The number of fused-ring (bicyclic) bond motifs is 1. The molecule has 0 saturated heterocycles. The second-order valence-electron chi connectivity index (χ2n) is 5.03. The molecular formula is C11H20. The lowest BCUT2D eigenvalue weighted by Gasteiger charge is -2.28. The van der Waals surface area contributed by atoms with Gasteiger partial charge in [-0.3, -0.25) is 0 Å². The van der Waals surface area contributed by atoms with Crippen molar-refractivity contribution in [2.75, 3.05) is 0 Å². The smallest absolute Gasteiger partial charge is 0.0349 e. The summed E-state index contributed by atoms with van der Waals surface area (Å²) in [6.45, 7) is 7.24. The average Bonchev–Trinajstić information content (AvgIpc) is 2.66. The second kappa shape index (κ2) is 2.50. The lowest BCUT2D eigenvalue weighted by atomic mass is 9.78. The van der Waals surface area contributed by atoms with E-state index < -0.39 is 0 Å². The first kappa shape index (κ1) is 7.64. The van der Waals surface area contributed by atoms with Crippen molar-refractivity contribution in [3.8, 4) is 0 Å². The highest BCUT2D eigenvalue weighted by molar-refractivity contribution is 4.98. The van der Waals surface area contributed by atoms with Crippen LogP contribution in [0.5, 0.6) is 0 Å². The second-order valence-corrected chi connectivity index (χ2v) is 5.03. The summed E-state index contributed by atoms with van der Waals surface area (Å²) in [5, 5.41) is 0. The summed E-state index contributed by atoms with van der Waals surface area (Å²) in [5.74, 6) is 5.35. The van der Waals surface area contributed by atoms with E-state index in [2.05, 4.69) is 20.8 Å². The third-order valence-electron chi connectivity index (χ3n) is 3.98. The summed E-state index contributed by atoms with van der Waals surface area (Å²) in [6, 6.07) is 0. The lowest BCUT2D eigenvalue weighted by Crippen LogP contribution is -2.20. The van der Waals surface area contributed by atoms with Crippen LogP contribution in [0.3, 0.4) is 0 Å². The molecule has 0 aromatic heterocycles. The van der Waals surface area contributed by atoms with Crippen molar-refractivity contribution < 1.29 is 0 Å². The topological polar surface area (TPSA) is 0 Å². The molecule has 64 valence electrons. The van der Waals surface area contributed by atoms with Crippen LogP contribution in [0.25, 0.3) is 0 Å². The van der Waals surface area contributed by atoms with Gasteiger partial charge in [0.15, 0.2) is 0 Å². The van der Waals surface area contributed by atoms with E-state index in [0.717, 1.165) is 29.6 Å². The van der Waals surface area contributed by atoms with Crippen LogP contribution >= 0.6 is 0 Å². The van der Waals surface area contributed by atoms with Gasteiger partial charge in [0, 0.05) is 0 Å². The van der Waals surface area contributed by atoms with Crippen LogP contribution in [0, 0.1) is 29.6 Å². The van der Waals surface area contributed by atoms with E-state index in [9.17, 15) is 0 Å². The van der Waals surface area contributed by atoms with Crippen molar-refractivity contribution in [3.63, 3.8) is 0 Å². The Kier molecular flexibility index (Phi) is 1.74. The summed E-state index contributed by atoms with van der Waals surface area (Å²) in [7, 11) is 0. The van der Waals surface area contributed by atoms with E-state index in [1.54, 1.807) is 6.42 Å². The third-order valence-corrected chi connectivity index (χ3v) is 3.98. The van der Waals surface area contributed by atoms with Gasteiger partial charge < -0.3 is 0 Å². The van der Waals surface area contributed by atoms with Gasteiger partial charge >= 0.3 is 0 Å². The fourth-order valence-electron chi connectivity index (χ4n) is 3.09. The van der Waals surface area contributed by atoms with Gasteiger partial charge in [-0.25, -0.2) is 0 Å². The molecule has 2 fully saturated rings. The van der Waals surface area contributed by atoms with E-state index in [-0.39, 0.29) is 0 Å². The quantitative estimate of drug-likeness (QED) is 0.540. The Hall–Kier alpha value is 0. The van der Waals surface area contributed by atoms with E-state index in [1.807, 2.05) is 0 Å². The van der Waals surface area contributed by atoms with Crippen molar-refractivity contribution >= 4 is 0 Å². The maximum absolute atomic E-state index is 2.45. The Balaban J connectivity index is 1.97. The molecule has 0 heterocycles. The highest BCUT2D eigenvalue weighted by atomic mass is 14.5. The first-order valence-corrected chi connectivity index (χ1v) is 5.20. The molecule has 0 heteroatoms. The molecule has 2 aliphatic carbocycles. The summed E-state index contributed by atoms with van der Waals surface area (Å²) < 4.78 is 0. The molecule has 0 spiro atoms. The van der Waals surface area contributed by atoms with Gasteiger partial charge in [0.1, 0.15) is 0 Å². The van der Waals surface area contributed by atoms with E-state index in [1.165, 1.54) is 12.8 Å². The summed E-state index contributed by atoms with van der Waals surface area (Å²) in [5.41, 5.74) is 0. The fraction of sp³-hybridized carbons (Fsp3) is 1.00. The van der Waals surface area contributed by atoms with Crippen LogP contribution in [0.1, 0.15) is 40.0 Å². The highest BCUT2D eigenvalue weighted by Gasteiger charge is 2.49. The molecular weight excluding hydrogens is 132 g/mol. The van der Waals surface area contributed by atoms with Crippen molar-refractivity contribution in [2.45, 2.75) is 40.0 Å². The number of rotatable bonds is 1. The summed E-state index contributed by atoms with van der Waals surface area (Å²) >= 11 is 0. The van der Waals surface area contributed by atoms with Crippen molar-refractivity contribution in [1.82, 2.24) is 0 Å². The minimum Gasteiger partial charge on any atom is -0.0625 e. The molecule has 0 amide bonds. The van der Waals surface area contributed by atoms with Gasteiger partial charge in [-0.1, -0.05) is 27.2 Å². The molecule has 2 saturated carbocycles. The monoisotopic (exact) mass is 152 g/mol. The molecule has 0 aliphatic heterocycles. The maximum atomic E-state index is 2.45. The highest BCUT2D eigenvalue weighted by Crippen LogP contribution is 2.57. The van der Waals surface area contributed by atoms with Gasteiger partial charge in [-0.15, -0.1) is 0 Å². The van der Waals surface area contributed by atoms with Crippen LogP contribution in [0.2, 0.25) is 0 Å². The Morgan fingerprint density at radius 3 is 2.45 bits per heavy atom. The zero-order chi connectivity index (χ0) is 8.01. The van der Waals surface area contributed by atoms with Crippen LogP contribution in [0.15, 0.2) is 0 Å². The molecule has 0 radical (unpaired) electrons. The van der Waals surface area contributed by atoms with Crippen LogP contribution in [-0.4, -0.2) is 0 Å². The van der Waals surface area contributed by atoms with Crippen LogP contribution < -0.4 is 0 Å². The van der Waals surface area contributed by atoms with Gasteiger partial charge in [-0.05, 0) is 42.4 Å². The van der Waals surface area contributed by atoms with E-state index >= 15 is 0 Å².